The van der Waals surface area contributed by atoms with Crippen molar-refractivity contribution in [1.82, 2.24) is 16.0 Å². The van der Waals surface area contributed by atoms with Crippen LogP contribution in [0, 0.1) is 0 Å². The molecule has 0 fully saturated rings. The Morgan fingerprint density at radius 1 is 0.641 bits per heavy atom. The van der Waals surface area contributed by atoms with Crippen LogP contribution in [-0.2, 0) is 32.0 Å². The quantitative estimate of drug-likeness (QED) is 0.152. The molecule has 0 saturated heterocycles. The van der Waals surface area contributed by atoms with Crippen molar-refractivity contribution in [3.63, 3.8) is 0 Å². The van der Waals surface area contributed by atoms with E-state index in [0.717, 1.165) is 21.9 Å². The Bertz CT molecular complexity index is 1300. The van der Waals surface area contributed by atoms with Crippen LogP contribution in [0.3, 0.4) is 0 Å². The lowest BCUT2D eigenvalue weighted by Gasteiger charge is -2.24. The van der Waals surface area contributed by atoms with Gasteiger partial charge in [0.05, 0.1) is 19.3 Å². The maximum Gasteiger partial charge on any atom is 0.328 e. The molecule has 0 bridgehead atoms. The molecule has 3 rings (SSSR count). The maximum absolute atomic E-state index is 13.3. The summed E-state index contributed by atoms with van der Waals surface area (Å²) in [5.41, 5.74) is 7.67. The van der Waals surface area contributed by atoms with Crippen LogP contribution in [0.15, 0.2) is 72.8 Å². The number of carboxylic acid groups (broad SMARTS) is 1. The number of nitrogens with one attached hydrogen (secondary N) is 3. The summed E-state index contributed by atoms with van der Waals surface area (Å²) >= 11 is 0. The lowest BCUT2D eigenvalue weighted by molar-refractivity contribution is -0.143. The van der Waals surface area contributed by atoms with E-state index >= 15 is 0 Å². The van der Waals surface area contributed by atoms with E-state index in [1.807, 2.05) is 78.1 Å². The van der Waals surface area contributed by atoms with Crippen LogP contribution in [0.4, 0.5) is 0 Å². The molecule has 11 heteroatoms. The molecule has 0 saturated carbocycles. The van der Waals surface area contributed by atoms with Crippen LogP contribution in [0.2, 0.25) is 0 Å². The highest BCUT2D eigenvalue weighted by atomic mass is 16.4. The number of fused-ring (bicyclic) bond motifs is 1. The summed E-state index contributed by atoms with van der Waals surface area (Å²) in [6.07, 6.45) is 0.283. The lowest BCUT2D eigenvalue weighted by atomic mass is 10.00. The highest BCUT2D eigenvalue weighted by molar-refractivity contribution is 5.94. The Balaban J connectivity index is 1.78. The van der Waals surface area contributed by atoms with Crippen molar-refractivity contribution >= 4 is 34.5 Å². The molecule has 0 aliphatic heterocycles. The number of carbonyl (C=O) groups is 4. The highest BCUT2D eigenvalue weighted by Gasteiger charge is 2.30. The molecule has 39 heavy (non-hydrogen) atoms. The number of hydrogen-bond donors (Lipinski definition) is 7. The fourth-order valence-electron chi connectivity index (χ4n) is 3.97. The zero-order valence-electron chi connectivity index (χ0n) is 21.1. The molecule has 0 aliphatic rings. The van der Waals surface area contributed by atoms with Crippen LogP contribution in [0.25, 0.3) is 10.8 Å². The molecule has 4 atom stereocenters. The number of benzene rings is 3. The third kappa shape index (κ3) is 8.34. The predicted octanol–water partition coefficient (Wildman–Crippen LogP) is -0.524. The summed E-state index contributed by atoms with van der Waals surface area (Å²) in [6.45, 7) is -1.73. The van der Waals surface area contributed by atoms with E-state index < -0.39 is 61.1 Å². The number of rotatable bonds is 13. The summed E-state index contributed by atoms with van der Waals surface area (Å²) in [5, 5.41) is 36.9. The minimum Gasteiger partial charge on any atom is -0.480 e. The molecule has 3 aromatic rings. The number of aliphatic hydroxyl groups is 2. The molecule has 3 amide bonds. The summed E-state index contributed by atoms with van der Waals surface area (Å²) in [7, 11) is 0. The third-order valence-corrected chi connectivity index (χ3v) is 6.13. The van der Waals surface area contributed by atoms with Gasteiger partial charge in [0, 0.05) is 6.42 Å². The van der Waals surface area contributed by atoms with E-state index in [9.17, 15) is 24.3 Å². The van der Waals surface area contributed by atoms with Gasteiger partial charge in [-0.2, -0.15) is 0 Å². The Labute approximate surface area is 225 Å². The molecule has 0 heterocycles. The minimum absolute atomic E-state index is 0.0502. The zero-order chi connectivity index (χ0) is 28.4. The van der Waals surface area contributed by atoms with Gasteiger partial charge in [-0.3, -0.25) is 14.4 Å². The van der Waals surface area contributed by atoms with E-state index in [0.29, 0.717) is 0 Å². The predicted molar refractivity (Wildman–Crippen MR) is 143 cm³/mol. The SMILES string of the molecule is N[C@H](Cc1ccccc1)C(=O)N[C@H](Cc1ccc2ccccc2c1)C(=O)N[C@H](CO)C(=O)N[C@H](CO)C(=O)O. The van der Waals surface area contributed by atoms with Crippen molar-refractivity contribution in [2.45, 2.75) is 37.0 Å². The van der Waals surface area contributed by atoms with Gasteiger partial charge in [-0.15, -0.1) is 0 Å². The van der Waals surface area contributed by atoms with Crippen LogP contribution < -0.4 is 21.7 Å². The Morgan fingerprint density at radius 2 is 1.21 bits per heavy atom. The minimum atomic E-state index is -1.62. The number of amides is 3. The molecule has 0 unspecified atom stereocenters. The molecule has 8 N–H and O–H groups in total. The van der Waals surface area contributed by atoms with E-state index in [4.69, 9.17) is 15.9 Å². The van der Waals surface area contributed by atoms with Crippen LogP contribution in [0.1, 0.15) is 11.1 Å². The highest BCUT2D eigenvalue weighted by Crippen LogP contribution is 2.17. The second-order valence-corrected chi connectivity index (χ2v) is 9.07. The van der Waals surface area contributed by atoms with E-state index in [1.165, 1.54) is 0 Å². The number of carbonyl (C=O) groups excluding carboxylic acids is 3. The van der Waals surface area contributed by atoms with Gasteiger partial charge in [-0.1, -0.05) is 72.8 Å². The van der Waals surface area contributed by atoms with Gasteiger partial charge in [0.25, 0.3) is 0 Å². The van der Waals surface area contributed by atoms with Crippen molar-refractivity contribution in [1.29, 1.82) is 0 Å². The second kappa shape index (κ2) is 14.0. The summed E-state index contributed by atoms with van der Waals surface area (Å²) in [5.74, 6) is -3.86. The van der Waals surface area contributed by atoms with Crippen molar-refractivity contribution in [3.8, 4) is 0 Å². The molecule has 11 nitrogen and oxygen atoms in total. The maximum atomic E-state index is 13.3. The Kier molecular flexibility index (Phi) is 10.5. The fourth-order valence-corrected chi connectivity index (χ4v) is 3.97. The van der Waals surface area contributed by atoms with Gasteiger partial charge in [-0.25, -0.2) is 4.79 Å². The summed E-state index contributed by atoms with van der Waals surface area (Å²) in [4.78, 5) is 49.9. The number of nitrogens with two attached hydrogens (primary N) is 1. The van der Waals surface area contributed by atoms with E-state index in [-0.39, 0.29) is 12.8 Å². The molecule has 206 valence electrons. The average molecular weight is 537 g/mol. The average Bonchev–Trinajstić information content (AvgIpc) is 2.94. The second-order valence-electron chi connectivity index (χ2n) is 9.07. The first-order valence-corrected chi connectivity index (χ1v) is 12.3. The molecular formula is C28H32N4O7. The molecule has 3 aromatic carbocycles. The lowest BCUT2D eigenvalue weighted by Crippen LogP contribution is -2.59. The van der Waals surface area contributed by atoms with Crippen molar-refractivity contribution in [2.24, 2.45) is 5.73 Å². The molecular weight excluding hydrogens is 504 g/mol. The molecule has 0 radical (unpaired) electrons. The van der Waals surface area contributed by atoms with Crippen LogP contribution in [0.5, 0.6) is 0 Å². The Morgan fingerprint density at radius 3 is 1.85 bits per heavy atom. The van der Waals surface area contributed by atoms with Gasteiger partial charge in [0.1, 0.15) is 18.1 Å². The first-order chi connectivity index (χ1) is 18.7. The standard InChI is InChI=1S/C28H32N4O7/c29-21(13-17-6-2-1-3-7-17)25(35)30-22(14-18-10-11-19-8-4-5-9-20(19)12-18)26(36)31-23(15-33)27(37)32-24(16-34)28(38)39/h1-12,21-24,33-34H,13-16,29H2,(H,30,35)(H,31,36)(H,32,37)(H,38,39)/t21-,22-,23-,24-/m1/s1. The van der Waals surface area contributed by atoms with E-state index in [2.05, 4.69) is 10.6 Å². The van der Waals surface area contributed by atoms with Gasteiger partial charge in [0.2, 0.25) is 17.7 Å². The third-order valence-electron chi connectivity index (χ3n) is 6.13. The van der Waals surface area contributed by atoms with Gasteiger partial charge in [0.15, 0.2) is 0 Å². The summed E-state index contributed by atoms with van der Waals surface area (Å²) < 4.78 is 0. The van der Waals surface area contributed by atoms with Gasteiger partial charge < -0.3 is 37.0 Å². The van der Waals surface area contributed by atoms with Crippen LogP contribution >= 0.6 is 0 Å². The molecule has 0 spiro atoms. The smallest absolute Gasteiger partial charge is 0.328 e. The van der Waals surface area contributed by atoms with Crippen molar-refractivity contribution in [2.75, 3.05) is 13.2 Å². The number of carboxylic acids is 1. The van der Waals surface area contributed by atoms with Gasteiger partial charge in [-0.05, 0) is 28.3 Å². The van der Waals surface area contributed by atoms with Crippen molar-refractivity contribution in [3.05, 3.63) is 83.9 Å². The largest absolute Gasteiger partial charge is 0.480 e. The topological polar surface area (TPSA) is 191 Å². The molecule has 0 aliphatic carbocycles. The molecule has 0 aromatic heterocycles. The van der Waals surface area contributed by atoms with Crippen LogP contribution in [-0.4, -0.2) is 76.4 Å². The first-order valence-electron chi connectivity index (χ1n) is 12.3. The van der Waals surface area contributed by atoms with E-state index in [1.54, 1.807) is 0 Å². The number of aliphatic carboxylic acids is 1. The fraction of sp³-hybridized carbons (Fsp3) is 0.286. The van der Waals surface area contributed by atoms with Crippen molar-refractivity contribution < 1.29 is 34.5 Å². The number of aliphatic hydroxyl groups excluding tert-OH is 2. The van der Waals surface area contributed by atoms with Gasteiger partial charge >= 0.3 is 5.97 Å². The Hall–Kier alpha value is -4.32. The first kappa shape index (κ1) is 29.2. The monoisotopic (exact) mass is 536 g/mol. The summed E-state index contributed by atoms with van der Waals surface area (Å²) in [6, 6.07) is 17.1. The normalized spacial score (nSPS) is 14.0. The zero-order valence-corrected chi connectivity index (χ0v) is 21.1. The number of hydrogen-bond acceptors (Lipinski definition) is 7.